The molecule has 0 saturated carbocycles. The molecule has 4 rings (SSSR count). The van der Waals surface area contributed by atoms with E-state index in [9.17, 15) is 0 Å². The molecule has 0 saturated heterocycles. The number of nitrogens with zero attached hydrogens (tertiary/aromatic N) is 5. The maximum atomic E-state index is 5.79. The van der Waals surface area contributed by atoms with E-state index < -0.39 is 0 Å². The van der Waals surface area contributed by atoms with Crippen molar-refractivity contribution >= 4 is 32.6 Å². The maximum Gasteiger partial charge on any atom is 0.220 e. The lowest BCUT2D eigenvalue weighted by molar-refractivity contribution is 0.465. The Kier molecular flexibility index (Phi) is 14.2. The predicted octanol–water partition coefficient (Wildman–Crippen LogP) is 8.06. The molecule has 3 heterocycles. The van der Waals surface area contributed by atoms with Crippen LogP contribution >= 0.6 is 11.3 Å². The van der Waals surface area contributed by atoms with Gasteiger partial charge in [-0.3, -0.25) is 0 Å². The molecule has 0 N–H and O–H groups in total. The van der Waals surface area contributed by atoms with Crippen molar-refractivity contribution in [3.8, 4) is 11.6 Å². The number of aryl methyl sites for hydroxylation is 1. The summed E-state index contributed by atoms with van der Waals surface area (Å²) in [5, 5.41) is 0.817. The standard InChI is InChI=1S/C18H15N5OS.3C2H6.CH4/c1-12-19-11-10-15(20-12)23(2)18-21-14-8-9-16(22-17(14)25-18)24-13-6-4-3-5-7-13;3*1-2;/h3-11H,1-2H3;3*1-2H3;1H4. The Morgan fingerprint density at radius 2 is 1.47 bits per heavy atom. The highest BCUT2D eigenvalue weighted by molar-refractivity contribution is 7.21. The molecule has 1 aromatic carbocycles. The average Bonchev–Trinajstić information content (AvgIpc) is 3.27. The second-order valence-corrected chi connectivity index (χ2v) is 6.36. The lowest BCUT2D eigenvalue weighted by atomic mass is 10.3. The van der Waals surface area contributed by atoms with E-state index in [4.69, 9.17) is 4.74 Å². The smallest absolute Gasteiger partial charge is 0.220 e. The van der Waals surface area contributed by atoms with Gasteiger partial charge in [0.05, 0.1) is 0 Å². The van der Waals surface area contributed by atoms with E-state index in [1.165, 1.54) is 11.3 Å². The summed E-state index contributed by atoms with van der Waals surface area (Å²) in [5.41, 5.74) is 0.832. The number of aromatic nitrogens is 4. The molecule has 32 heavy (non-hydrogen) atoms. The maximum absolute atomic E-state index is 5.79. The second kappa shape index (κ2) is 15.7. The highest BCUT2D eigenvalue weighted by atomic mass is 32.1. The summed E-state index contributed by atoms with van der Waals surface area (Å²) in [6.45, 7) is 13.9. The van der Waals surface area contributed by atoms with E-state index in [1.807, 2.05) is 109 Å². The zero-order valence-corrected chi connectivity index (χ0v) is 20.6. The number of anilines is 2. The molecule has 0 radical (unpaired) electrons. The minimum absolute atomic E-state index is 0. The second-order valence-electron chi connectivity index (χ2n) is 5.41. The van der Waals surface area contributed by atoms with Crippen molar-refractivity contribution in [2.24, 2.45) is 0 Å². The van der Waals surface area contributed by atoms with Gasteiger partial charge in [0, 0.05) is 19.3 Å². The first-order chi connectivity index (χ1) is 15.2. The van der Waals surface area contributed by atoms with Crippen LogP contribution in [0.4, 0.5) is 10.9 Å². The minimum Gasteiger partial charge on any atom is -0.439 e. The molecule has 6 nitrogen and oxygen atoms in total. The van der Waals surface area contributed by atoms with Gasteiger partial charge in [0.1, 0.15) is 27.7 Å². The summed E-state index contributed by atoms with van der Waals surface area (Å²) in [7, 11) is 1.93. The molecule has 0 spiro atoms. The van der Waals surface area contributed by atoms with Crippen LogP contribution in [0, 0.1) is 6.92 Å². The first-order valence-corrected chi connectivity index (χ1v) is 11.5. The normalized spacial score (nSPS) is 9.00. The number of hydrogen-bond acceptors (Lipinski definition) is 7. The van der Waals surface area contributed by atoms with E-state index in [0.717, 1.165) is 32.9 Å². The molecule has 0 unspecified atom stereocenters. The molecular weight excluding hydrogens is 418 g/mol. The largest absolute Gasteiger partial charge is 0.439 e. The van der Waals surface area contributed by atoms with Crippen molar-refractivity contribution in [3.63, 3.8) is 0 Å². The van der Waals surface area contributed by atoms with Crippen LogP contribution in [0.1, 0.15) is 54.8 Å². The monoisotopic (exact) mass is 455 g/mol. The lowest BCUT2D eigenvalue weighted by Crippen LogP contribution is -2.11. The van der Waals surface area contributed by atoms with Gasteiger partial charge in [0.2, 0.25) is 5.88 Å². The van der Waals surface area contributed by atoms with Gasteiger partial charge in [0.15, 0.2) is 5.13 Å². The van der Waals surface area contributed by atoms with Crippen molar-refractivity contribution in [1.29, 1.82) is 0 Å². The van der Waals surface area contributed by atoms with Crippen molar-refractivity contribution in [2.75, 3.05) is 11.9 Å². The van der Waals surface area contributed by atoms with Gasteiger partial charge in [0.25, 0.3) is 0 Å². The van der Waals surface area contributed by atoms with E-state index in [-0.39, 0.29) is 7.43 Å². The Labute approximate surface area is 197 Å². The first kappa shape index (κ1) is 28.9. The van der Waals surface area contributed by atoms with Crippen LogP contribution in [0.3, 0.4) is 0 Å². The Hall–Kier alpha value is -3.06. The molecule has 0 fully saturated rings. The average molecular weight is 456 g/mol. The molecule has 174 valence electrons. The third-order valence-corrected chi connectivity index (χ3v) is 4.62. The summed E-state index contributed by atoms with van der Waals surface area (Å²) in [5.74, 6) is 2.83. The fraction of sp³-hybridized carbons (Fsp3) is 0.360. The van der Waals surface area contributed by atoms with Crippen LogP contribution in [-0.4, -0.2) is 27.0 Å². The highest BCUT2D eigenvalue weighted by Gasteiger charge is 2.13. The summed E-state index contributed by atoms with van der Waals surface area (Å²) < 4.78 is 5.79. The molecule has 4 aromatic rings. The van der Waals surface area contributed by atoms with Gasteiger partial charge in [-0.2, -0.15) is 0 Å². The molecule has 0 amide bonds. The van der Waals surface area contributed by atoms with Gasteiger partial charge >= 0.3 is 0 Å². The van der Waals surface area contributed by atoms with E-state index >= 15 is 0 Å². The summed E-state index contributed by atoms with van der Waals surface area (Å²) in [6.07, 6.45) is 1.74. The summed E-state index contributed by atoms with van der Waals surface area (Å²) >= 11 is 1.49. The number of fused-ring (bicyclic) bond motifs is 1. The number of ether oxygens (including phenoxy) is 1. The van der Waals surface area contributed by atoms with Crippen LogP contribution in [0.5, 0.6) is 11.6 Å². The zero-order valence-electron chi connectivity index (χ0n) is 19.7. The number of rotatable bonds is 4. The molecule has 0 atom stereocenters. The molecule has 3 aromatic heterocycles. The molecule has 0 aliphatic carbocycles. The number of hydrogen-bond donors (Lipinski definition) is 0. The quantitative estimate of drug-likeness (QED) is 0.310. The van der Waals surface area contributed by atoms with Crippen molar-refractivity contribution in [2.45, 2.75) is 55.9 Å². The SMILES string of the molecule is C.CC.CC.CC.Cc1nccc(N(C)c2nc3ccc(Oc4ccccc4)nc3s2)n1. The van der Waals surface area contributed by atoms with Crippen LogP contribution in [0.15, 0.2) is 54.7 Å². The van der Waals surface area contributed by atoms with Gasteiger partial charge in [-0.15, -0.1) is 0 Å². The Balaban J connectivity index is 0.00000127. The third-order valence-electron chi connectivity index (χ3n) is 3.58. The minimum atomic E-state index is 0. The summed E-state index contributed by atoms with van der Waals surface area (Å²) in [4.78, 5) is 20.5. The highest BCUT2D eigenvalue weighted by Crippen LogP contribution is 2.32. The van der Waals surface area contributed by atoms with Crippen LogP contribution in [-0.2, 0) is 0 Å². The predicted molar refractivity (Wildman–Crippen MR) is 140 cm³/mol. The van der Waals surface area contributed by atoms with Gasteiger partial charge in [-0.25, -0.2) is 19.9 Å². The Bertz CT molecular complexity index is 1020. The summed E-state index contributed by atoms with van der Waals surface area (Å²) in [6, 6.07) is 15.2. The molecule has 0 aliphatic rings. The molecule has 0 bridgehead atoms. The van der Waals surface area contributed by atoms with Gasteiger partial charge < -0.3 is 9.64 Å². The van der Waals surface area contributed by atoms with Crippen molar-refractivity contribution in [3.05, 3.63) is 60.6 Å². The van der Waals surface area contributed by atoms with Crippen molar-refractivity contribution < 1.29 is 4.74 Å². The van der Waals surface area contributed by atoms with Crippen LogP contribution in [0.2, 0.25) is 0 Å². The molecule has 0 aliphatic heterocycles. The van der Waals surface area contributed by atoms with Gasteiger partial charge in [-0.05, 0) is 31.2 Å². The number of pyridine rings is 1. The van der Waals surface area contributed by atoms with Crippen LogP contribution in [0.25, 0.3) is 10.3 Å². The number of para-hydroxylation sites is 1. The topological polar surface area (TPSA) is 64.0 Å². The first-order valence-electron chi connectivity index (χ1n) is 10.7. The molecule has 7 heteroatoms. The number of thiazole rings is 1. The van der Waals surface area contributed by atoms with Gasteiger partial charge in [-0.1, -0.05) is 78.5 Å². The van der Waals surface area contributed by atoms with E-state index in [1.54, 1.807) is 6.20 Å². The van der Waals surface area contributed by atoms with Crippen molar-refractivity contribution in [1.82, 2.24) is 19.9 Å². The third kappa shape index (κ3) is 7.89. The Morgan fingerprint density at radius 3 is 2.09 bits per heavy atom. The van der Waals surface area contributed by atoms with Crippen LogP contribution < -0.4 is 9.64 Å². The zero-order chi connectivity index (χ0) is 23.2. The fourth-order valence-electron chi connectivity index (χ4n) is 2.33. The number of benzene rings is 1. The molecular formula is C25H37N5OS. The fourth-order valence-corrected chi connectivity index (χ4v) is 3.23. The van der Waals surface area contributed by atoms with E-state index in [0.29, 0.717) is 5.88 Å². The van der Waals surface area contributed by atoms with E-state index in [2.05, 4.69) is 19.9 Å². The lowest BCUT2D eigenvalue weighted by Gasteiger charge is -2.14. The Morgan fingerprint density at radius 1 is 0.812 bits per heavy atom.